The van der Waals surface area contributed by atoms with E-state index in [4.69, 9.17) is 14.2 Å². The molecule has 0 heterocycles. The normalized spacial score (nSPS) is 12.9. The molecule has 2 atom stereocenters. The van der Waals surface area contributed by atoms with Gasteiger partial charge in [0.15, 0.2) is 0 Å². The first-order valence-corrected chi connectivity index (χ1v) is 8.90. The lowest BCUT2D eigenvalue weighted by atomic mass is 10.0. The van der Waals surface area contributed by atoms with Crippen LogP contribution in [0.1, 0.15) is 30.6 Å². The molecule has 0 saturated heterocycles. The summed E-state index contributed by atoms with van der Waals surface area (Å²) < 4.78 is 15.6. The van der Waals surface area contributed by atoms with E-state index in [-0.39, 0.29) is 37.7 Å². The quantitative estimate of drug-likeness (QED) is 0.210. The van der Waals surface area contributed by atoms with Gasteiger partial charge in [-0.25, -0.2) is 0 Å². The van der Waals surface area contributed by atoms with Crippen molar-refractivity contribution in [2.24, 2.45) is 5.92 Å². The molecule has 0 saturated carbocycles. The minimum atomic E-state index is -1.03. The first-order chi connectivity index (χ1) is 13.4. The number of amides is 1. The number of hydrogen-bond donors (Lipinski definition) is 2. The monoisotopic (exact) mass is 398 g/mol. The Labute approximate surface area is 162 Å². The fourth-order valence-corrected chi connectivity index (χ4v) is 2.35. The number of benzene rings is 1. The Bertz CT molecular complexity index is 635. The molecule has 0 bridgehead atoms. The number of ether oxygens (including phenoxy) is 3. The molecular weight excluding hydrogens is 372 g/mol. The third-order valence-electron chi connectivity index (χ3n) is 3.81. The fraction of sp³-hybridized carbons (Fsp3) is 0.556. The molecule has 0 fully saturated rings. The number of rotatable bonds is 14. The third kappa shape index (κ3) is 8.42. The number of hydrogen-bond acceptors (Lipinski definition) is 7. The molecule has 2 unspecified atom stereocenters. The molecule has 10 heteroatoms. The van der Waals surface area contributed by atoms with E-state index < -0.39 is 28.8 Å². The van der Waals surface area contributed by atoms with Crippen molar-refractivity contribution in [3.05, 3.63) is 39.9 Å². The Balaban J connectivity index is 2.79. The lowest BCUT2D eigenvalue weighted by Gasteiger charge is -2.22. The van der Waals surface area contributed by atoms with Crippen molar-refractivity contribution in [1.29, 1.82) is 0 Å². The molecule has 28 heavy (non-hydrogen) atoms. The van der Waals surface area contributed by atoms with E-state index in [1.807, 2.05) is 0 Å². The summed E-state index contributed by atoms with van der Waals surface area (Å²) in [5.41, 5.74) is 0.0906. The van der Waals surface area contributed by atoms with Crippen molar-refractivity contribution in [3.63, 3.8) is 0 Å². The average molecular weight is 398 g/mol. The van der Waals surface area contributed by atoms with Gasteiger partial charge >= 0.3 is 5.97 Å². The standard InChI is InChI=1S/C18H26N2O8/c1-3-26-10-14(18(22)23)9-15(11-28-12-27-4-2)19-17(21)13-5-7-16(8-6-13)20(24)25/h5-8,14-15H,3-4,9-12H2,1-2H3,(H,19,21)(H,22,23). The molecule has 0 aliphatic carbocycles. The highest BCUT2D eigenvalue weighted by atomic mass is 16.7. The van der Waals surface area contributed by atoms with Gasteiger partial charge in [0.05, 0.1) is 30.1 Å². The number of carbonyl (C=O) groups is 2. The summed E-state index contributed by atoms with van der Waals surface area (Å²) in [7, 11) is 0. The first kappa shape index (κ1) is 23.5. The van der Waals surface area contributed by atoms with Crippen LogP contribution in [-0.4, -0.2) is 61.2 Å². The Morgan fingerprint density at radius 3 is 2.29 bits per heavy atom. The Morgan fingerprint density at radius 2 is 1.75 bits per heavy atom. The molecule has 0 spiro atoms. The van der Waals surface area contributed by atoms with Crippen molar-refractivity contribution in [2.75, 3.05) is 33.2 Å². The molecule has 2 N–H and O–H groups in total. The summed E-state index contributed by atoms with van der Waals surface area (Å²) in [6.07, 6.45) is 0.0974. The minimum Gasteiger partial charge on any atom is -0.481 e. The molecule has 10 nitrogen and oxygen atoms in total. The number of nitrogens with one attached hydrogen (secondary N) is 1. The van der Waals surface area contributed by atoms with Crippen molar-refractivity contribution in [2.45, 2.75) is 26.3 Å². The van der Waals surface area contributed by atoms with Crippen LogP contribution in [0.4, 0.5) is 5.69 Å². The minimum absolute atomic E-state index is 0.0151. The van der Waals surface area contributed by atoms with Crippen LogP contribution in [0.5, 0.6) is 0 Å². The number of nitrogens with zero attached hydrogens (tertiary/aromatic N) is 1. The second-order valence-corrected chi connectivity index (χ2v) is 5.89. The zero-order valence-corrected chi connectivity index (χ0v) is 16.0. The van der Waals surface area contributed by atoms with Gasteiger partial charge in [-0.15, -0.1) is 0 Å². The van der Waals surface area contributed by atoms with Gasteiger partial charge in [0.1, 0.15) is 6.79 Å². The predicted molar refractivity (Wildman–Crippen MR) is 99.0 cm³/mol. The maximum absolute atomic E-state index is 12.4. The van der Waals surface area contributed by atoms with E-state index in [1.165, 1.54) is 24.3 Å². The van der Waals surface area contributed by atoms with E-state index in [2.05, 4.69) is 5.32 Å². The van der Waals surface area contributed by atoms with Crippen LogP contribution in [0.25, 0.3) is 0 Å². The molecule has 1 amide bonds. The number of carboxylic acid groups (broad SMARTS) is 1. The van der Waals surface area contributed by atoms with Crippen LogP contribution in [-0.2, 0) is 19.0 Å². The van der Waals surface area contributed by atoms with E-state index in [0.717, 1.165) is 0 Å². The average Bonchev–Trinajstić information content (AvgIpc) is 2.67. The van der Waals surface area contributed by atoms with Gasteiger partial charge in [-0.1, -0.05) is 0 Å². The van der Waals surface area contributed by atoms with E-state index in [9.17, 15) is 24.8 Å². The number of carboxylic acids is 1. The zero-order chi connectivity index (χ0) is 20.9. The van der Waals surface area contributed by atoms with Crippen LogP contribution >= 0.6 is 0 Å². The number of non-ortho nitro benzene ring substituents is 1. The largest absolute Gasteiger partial charge is 0.481 e. The molecule has 1 aromatic carbocycles. The number of nitro benzene ring substituents is 1. The maximum Gasteiger partial charge on any atom is 0.308 e. The predicted octanol–water partition coefficient (Wildman–Crippen LogP) is 1.83. The Hall–Kier alpha value is -2.56. The summed E-state index contributed by atoms with van der Waals surface area (Å²) in [6.45, 7) is 4.49. The molecule has 1 aromatic rings. The molecule has 156 valence electrons. The Morgan fingerprint density at radius 1 is 1.11 bits per heavy atom. The highest BCUT2D eigenvalue weighted by Gasteiger charge is 2.25. The van der Waals surface area contributed by atoms with Gasteiger partial charge in [-0.3, -0.25) is 19.7 Å². The summed E-state index contributed by atoms with van der Waals surface area (Å²) >= 11 is 0. The van der Waals surface area contributed by atoms with Crippen LogP contribution < -0.4 is 5.32 Å². The lowest BCUT2D eigenvalue weighted by molar-refractivity contribution is -0.384. The van der Waals surface area contributed by atoms with Gasteiger partial charge < -0.3 is 24.6 Å². The van der Waals surface area contributed by atoms with Crippen molar-refractivity contribution in [1.82, 2.24) is 5.32 Å². The van der Waals surface area contributed by atoms with E-state index in [0.29, 0.717) is 13.2 Å². The highest BCUT2D eigenvalue weighted by Crippen LogP contribution is 2.14. The van der Waals surface area contributed by atoms with E-state index >= 15 is 0 Å². The van der Waals surface area contributed by atoms with Crippen LogP contribution in [0.3, 0.4) is 0 Å². The molecule has 0 aliphatic heterocycles. The second-order valence-electron chi connectivity index (χ2n) is 5.89. The van der Waals surface area contributed by atoms with Crippen LogP contribution in [0.15, 0.2) is 24.3 Å². The van der Waals surface area contributed by atoms with Gasteiger partial charge in [0, 0.05) is 30.9 Å². The topological polar surface area (TPSA) is 137 Å². The summed E-state index contributed by atoms with van der Waals surface area (Å²) in [5.74, 6) is -2.34. The Kier molecular flexibility index (Phi) is 10.7. The van der Waals surface area contributed by atoms with Gasteiger partial charge in [-0.05, 0) is 32.4 Å². The highest BCUT2D eigenvalue weighted by molar-refractivity contribution is 5.94. The number of carbonyl (C=O) groups excluding carboxylic acids is 1. The smallest absolute Gasteiger partial charge is 0.308 e. The molecule has 0 aromatic heterocycles. The van der Waals surface area contributed by atoms with Crippen molar-refractivity contribution >= 4 is 17.6 Å². The van der Waals surface area contributed by atoms with E-state index in [1.54, 1.807) is 13.8 Å². The van der Waals surface area contributed by atoms with Gasteiger partial charge in [-0.2, -0.15) is 0 Å². The zero-order valence-electron chi connectivity index (χ0n) is 16.0. The molecule has 0 radical (unpaired) electrons. The van der Waals surface area contributed by atoms with Crippen LogP contribution in [0, 0.1) is 16.0 Å². The summed E-state index contributed by atoms with van der Waals surface area (Å²) in [6, 6.07) is 4.51. The van der Waals surface area contributed by atoms with Gasteiger partial charge in [0.2, 0.25) is 0 Å². The molecular formula is C18H26N2O8. The summed E-state index contributed by atoms with van der Waals surface area (Å²) in [5, 5.41) is 22.8. The van der Waals surface area contributed by atoms with Crippen molar-refractivity contribution < 1.29 is 33.8 Å². The lowest BCUT2D eigenvalue weighted by Crippen LogP contribution is -2.41. The molecule has 1 rings (SSSR count). The number of nitro groups is 1. The fourth-order valence-electron chi connectivity index (χ4n) is 2.35. The number of aliphatic carboxylic acids is 1. The SMILES string of the molecule is CCOCOCC(CC(COCC)C(=O)O)NC(=O)c1ccc([N+](=O)[O-])cc1. The van der Waals surface area contributed by atoms with Gasteiger partial charge in [0.25, 0.3) is 11.6 Å². The van der Waals surface area contributed by atoms with Crippen molar-refractivity contribution in [3.8, 4) is 0 Å². The second kappa shape index (κ2) is 12.8. The maximum atomic E-state index is 12.4. The molecule has 0 aliphatic rings. The first-order valence-electron chi connectivity index (χ1n) is 8.90. The van der Waals surface area contributed by atoms with Crippen LogP contribution in [0.2, 0.25) is 0 Å². The third-order valence-corrected chi connectivity index (χ3v) is 3.81. The summed E-state index contributed by atoms with van der Waals surface area (Å²) in [4.78, 5) is 34.0.